The number of thioether (sulfide) groups is 1. The van der Waals surface area contributed by atoms with Crippen LogP contribution in [0.5, 0.6) is 0 Å². The highest BCUT2D eigenvalue weighted by atomic mass is 32.2. The van der Waals surface area contributed by atoms with Gasteiger partial charge < -0.3 is 5.32 Å². The fourth-order valence-corrected chi connectivity index (χ4v) is 4.08. The third-order valence-electron chi connectivity index (χ3n) is 4.54. The average Bonchev–Trinajstić information content (AvgIpc) is 3.00. The first-order chi connectivity index (χ1) is 12.6. The van der Waals surface area contributed by atoms with Gasteiger partial charge >= 0.3 is 6.55 Å². The van der Waals surface area contributed by atoms with Crippen molar-refractivity contribution in [2.24, 2.45) is 0 Å². The van der Waals surface area contributed by atoms with Crippen LogP contribution >= 0.6 is 11.8 Å². The molecular formula is C19H23F2N3OS. The number of nitrogens with zero attached hydrogens (tertiary/aromatic N) is 2. The number of carbonyl (C=O) groups is 1. The first-order valence-electron chi connectivity index (χ1n) is 8.93. The molecule has 4 nitrogen and oxygen atoms in total. The number of carbonyl (C=O) groups excluding carboxylic acids is 1. The molecule has 0 aliphatic heterocycles. The Balaban J connectivity index is 1.61. The average molecular weight is 379 g/mol. The van der Waals surface area contributed by atoms with Crippen molar-refractivity contribution >= 4 is 28.7 Å². The molecule has 1 atom stereocenters. The number of hydrogen-bond donors (Lipinski definition) is 1. The molecule has 0 spiro atoms. The molecule has 1 amide bonds. The molecule has 0 saturated heterocycles. The Kier molecular flexibility index (Phi) is 6.29. The number of fused-ring (bicyclic) bond motifs is 1. The molecule has 1 unspecified atom stereocenters. The number of imidazole rings is 1. The van der Waals surface area contributed by atoms with Gasteiger partial charge in [0.15, 0.2) is 5.16 Å². The summed E-state index contributed by atoms with van der Waals surface area (Å²) < 4.78 is 27.8. The Morgan fingerprint density at radius 2 is 2.15 bits per heavy atom. The molecule has 1 aliphatic carbocycles. The molecular weight excluding hydrogens is 356 g/mol. The number of amides is 1. The van der Waals surface area contributed by atoms with E-state index >= 15 is 0 Å². The second-order valence-corrected chi connectivity index (χ2v) is 7.75. The monoisotopic (exact) mass is 379 g/mol. The van der Waals surface area contributed by atoms with Gasteiger partial charge in [-0.05, 0) is 51.2 Å². The molecule has 1 aliphatic rings. The number of benzene rings is 1. The predicted octanol–water partition coefficient (Wildman–Crippen LogP) is 4.92. The summed E-state index contributed by atoms with van der Waals surface area (Å²) in [6.45, 7) is -0.394. The Bertz CT molecular complexity index is 803. The van der Waals surface area contributed by atoms with Gasteiger partial charge in [-0.15, -0.1) is 0 Å². The van der Waals surface area contributed by atoms with E-state index < -0.39 is 11.8 Å². The normalized spacial score (nSPS) is 15.9. The molecule has 140 valence electrons. The second kappa shape index (κ2) is 8.66. The first kappa shape index (κ1) is 18.9. The lowest BCUT2D eigenvalue weighted by Gasteiger charge is -2.15. The largest absolute Gasteiger partial charge is 0.355 e. The zero-order valence-electron chi connectivity index (χ0n) is 14.8. The molecule has 7 heteroatoms. The van der Waals surface area contributed by atoms with E-state index in [0.29, 0.717) is 17.6 Å². The first-order valence-corrected chi connectivity index (χ1v) is 9.81. The summed E-state index contributed by atoms with van der Waals surface area (Å²) in [6.07, 6.45) is 7.82. The van der Waals surface area contributed by atoms with Crippen molar-refractivity contribution < 1.29 is 13.6 Å². The highest BCUT2D eigenvalue weighted by Gasteiger charge is 2.22. The van der Waals surface area contributed by atoms with E-state index in [2.05, 4.69) is 16.4 Å². The minimum absolute atomic E-state index is 0.153. The van der Waals surface area contributed by atoms with E-state index in [0.717, 1.165) is 35.6 Å². The Morgan fingerprint density at radius 1 is 1.35 bits per heavy atom. The molecule has 0 fully saturated rings. The Hall–Kier alpha value is -1.89. The van der Waals surface area contributed by atoms with Gasteiger partial charge in [0.25, 0.3) is 0 Å². The van der Waals surface area contributed by atoms with Crippen LogP contribution in [0.3, 0.4) is 0 Å². The molecule has 26 heavy (non-hydrogen) atoms. The van der Waals surface area contributed by atoms with Crippen LogP contribution < -0.4 is 5.32 Å². The third-order valence-corrected chi connectivity index (χ3v) is 5.61. The second-order valence-electron chi connectivity index (χ2n) is 6.44. The quantitative estimate of drug-likeness (QED) is 0.549. The smallest absolute Gasteiger partial charge is 0.321 e. The maximum Gasteiger partial charge on any atom is 0.321 e. The number of rotatable bonds is 7. The van der Waals surface area contributed by atoms with Gasteiger partial charge in [0.05, 0.1) is 16.3 Å². The number of alkyl halides is 2. The standard InChI is InChI=1S/C19H23F2N3OS/c1-13(17(25)22-12-11-14-7-3-2-4-8-14)26-19-23-15-9-5-6-10-16(15)24(19)18(20)21/h5-7,9-10,13,18H,2-4,8,11-12H2,1H3,(H,22,25). The molecule has 3 rings (SSSR count). The lowest BCUT2D eigenvalue weighted by molar-refractivity contribution is -0.120. The van der Waals surface area contributed by atoms with E-state index in [9.17, 15) is 13.6 Å². The van der Waals surface area contributed by atoms with Crippen LogP contribution in [0.4, 0.5) is 8.78 Å². The number of halogens is 2. The lowest BCUT2D eigenvalue weighted by atomic mass is 9.97. The summed E-state index contributed by atoms with van der Waals surface area (Å²) in [5, 5.41) is 2.58. The van der Waals surface area contributed by atoms with E-state index in [1.165, 1.54) is 18.4 Å². The van der Waals surface area contributed by atoms with E-state index in [4.69, 9.17) is 0 Å². The molecule has 0 radical (unpaired) electrons. The Morgan fingerprint density at radius 3 is 2.88 bits per heavy atom. The van der Waals surface area contributed by atoms with Crippen molar-refractivity contribution in [1.82, 2.24) is 14.9 Å². The molecule has 0 bridgehead atoms. The maximum atomic E-state index is 13.5. The van der Waals surface area contributed by atoms with E-state index in [1.807, 2.05) is 0 Å². The minimum Gasteiger partial charge on any atom is -0.355 e. The molecule has 0 saturated carbocycles. The molecule has 1 heterocycles. The van der Waals surface area contributed by atoms with Crippen LogP contribution in [0.15, 0.2) is 41.1 Å². The van der Waals surface area contributed by atoms with Gasteiger partial charge in [-0.2, -0.15) is 8.78 Å². The van der Waals surface area contributed by atoms with Gasteiger partial charge in [0.2, 0.25) is 5.91 Å². The van der Waals surface area contributed by atoms with Crippen molar-refractivity contribution in [3.8, 4) is 0 Å². The zero-order chi connectivity index (χ0) is 18.5. The summed E-state index contributed by atoms with van der Waals surface area (Å²) in [5.74, 6) is -0.153. The van der Waals surface area contributed by atoms with Gasteiger partial charge in [0.1, 0.15) is 0 Å². The van der Waals surface area contributed by atoms with E-state index in [1.54, 1.807) is 31.2 Å². The van der Waals surface area contributed by atoms with Crippen LogP contribution in [0.1, 0.15) is 45.6 Å². The molecule has 2 aromatic rings. The van der Waals surface area contributed by atoms with E-state index in [-0.39, 0.29) is 11.1 Å². The van der Waals surface area contributed by atoms with Crippen molar-refractivity contribution in [1.29, 1.82) is 0 Å². The third kappa shape index (κ3) is 4.44. The minimum atomic E-state index is -2.70. The number of aromatic nitrogens is 2. The zero-order valence-corrected chi connectivity index (χ0v) is 15.6. The molecule has 1 aromatic heterocycles. The maximum absolute atomic E-state index is 13.5. The van der Waals surface area contributed by atoms with Gasteiger partial charge in [-0.1, -0.05) is 35.5 Å². The van der Waals surface area contributed by atoms with Gasteiger partial charge in [0, 0.05) is 6.54 Å². The van der Waals surface area contributed by atoms with Crippen LogP contribution in [0, 0.1) is 0 Å². The fraction of sp³-hybridized carbons (Fsp3) is 0.474. The van der Waals surface area contributed by atoms with Gasteiger partial charge in [-0.3, -0.25) is 9.36 Å². The summed E-state index contributed by atoms with van der Waals surface area (Å²) >= 11 is 1.06. The summed E-state index contributed by atoms with van der Waals surface area (Å²) in [4.78, 5) is 16.6. The fourth-order valence-electron chi connectivity index (χ4n) is 3.13. The molecule has 1 N–H and O–H groups in total. The lowest BCUT2D eigenvalue weighted by Crippen LogP contribution is -2.32. The Labute approximate surface area is 156 Å². The highest BCUT2D eigenvalue weighted by Crippen LogP contribution is 2.31. The highest BCUT2D eigenvalue weighted by molar-refractivity contribution is 8.00. The summed E-state index contributed by atoms with van der Waals surface area (Å²) in [6, 6.07) is 6.77. The van der Waals surface area contributed by atoms with Crippen molar-refractivity contribution in [3.63, 3.8) is 0 Å². The van der Waals surface area contributed by atoms with Crippen molar-refractivity contribution in [2.45, 2.75) is 56.0 Å². The number of para-hydroxylation sites is 2. The van der Waals surface area contributed by atoms with Gasteiger partial charge in [-0.25, -0.2) is 4.98 Å². The SMILES string of the molecule is CC(Sc1nc2ccccc2n1C(F)F)C(=O)NCCC1=CCCCC1. The predicted molar refractivity (Wildman–Crippen MR) is 100 cm³/mol. The summed E-state index contributed by atoms with van der Waals surface area (Å²) in [7, 11) is 0. The number of nitrogens with one attached hydrogen (secondary N) is 1. The van der Waals surface area contributed by atoms with Crippen molar-refractivity contribution in [3.05, 3.63) is 35.9 Å². The molecule has 1 aromatic carbocycles. The topological polar surface area (TPSA) is 46.9 Å². The van der Waals surface area contributed by atoms with Crippen LogP contribution in [-0.4, -0.2) is 27.3 Å². The summed E-state index contributed by atoms with van der Waals surface area (Å²) in [5.41, 5.74) is 2.28. The van der Waals surface area contributed by atoms with Crippen LogP contribution in [0.25, 0.3) is 11.0 Å². The van der Waals surface area contributed by atoms with Crippen molar-refractivity contribution in [2.75, 3.05) is 6.54 Å². The van der Waals surface area contributed by atoms with Crippen LogP contribution in [0.2, 0.25) is 0 Å². The number of allylic oxidation sites excluding steroid dienone is 1. The number of hydrogen-bond acceptors (Lipinski definition) is 3. The van der Waals surface area contributed by atoms with Crippen LogP contribution in [-0.2, 0) is 4.79 Å².